The zero-order valence-electron chi connectivity index (χ0n) is 13.7. The van der Waals surface area contributed by atoms with Crippen LogP contribution in [0.5, 0.6) is 5.88 Å². The third kappa shape index (κ3) is 4.81. The van der Waals surface area contributed by atoms with Crippen molar-refractivity contribution in [2.24, 2.45) is 0 Å². The molecule has 130 valence electrons. The van der Waals surface area contributed by atoms with Gasteiger partial charge < -0.3 is 10.1 Å². The minimum Gasteiger partial charge on any atom is -0.473 e. The molecule has 7 heteroatoms. The van der Waals surface area contributed by atoms with E-state index in [0.717, 1.165) is 16.3 Å². The van der Waals surface area contributed by atoms with Crippen LogP contribution < -0.4 is 15.4 Å². The Morgan fingerprint density at radius 2 is 2.04 bits per heavy atom. The highest BCUT2D eigenvalue weighted by Crippen LogP contribution is 2.22. The van der Waals surface area contributed by atoms with Gasteiger partial charge in [-0.25, -0.2) is 14.8 Å². The number of carbonyl (C=O) groups is 1. The van der Waals surface area contributed by atoms with Gasteiger partial charge in [0.25, 0.3) is 0 Å². The lowest BCUT2D eigenvalue weighted by atomic mass is 10.1. The SMILES string of the molecule is CCNC(=O)Nc1cc2cccc(COc3ccccn3)c2cn1.Cl. The van der Waals surface area contributed by atoms with E-state index >= 15 is 0 Å². The standard InChI is InChI=1S/C18H18N4O2.ClH/c1-2-19-18(23)22-16-10-13-6-5-7-14(15(13)11-21-16)12-24-17-8-3-4-9-20-17;/h3-11H,2,12H2,1H3,(H2,19,21,22,23);1H. The van der Waals surface area contributed by atoms with Gasteiger partial charge in [0.05, 0.1) is 0 Å². The fraction of sp³-hybridized carbons (Fsp3) is 0.167. The number of urea groups is 1. The summed E-state index contributed by atoms with van der Waals surface area (Å²) in [5.74, 6) is 1.09. The Kier molecular flexibility index (Phi) is 6.54. The number of amides is 2. The van der Waals surface area contributed by atoms with Gasteiger partial charge in [-0.05, 0) is 30.0 Å². The van der Waals surface area contributed by atoms with Crippen LogP contribution >= 0.6 is 12.4 Å². The summed E-state index contributed by atoms with van der Waals surface area (Å²) in [4.78, 5) is 20.0. The summed E-state index contributed by atoms with van der Waals surface area (Å²) >= 11 is 0. The summed E-state index contributed by atoms with van der Waals surface area (Å²) in [6.07, 6.45) is 3.44. The van der Waals surface area contributed by atoms with E-state index in [-0.39, 0.29) is 18.4 Å². The molecule has 3 rings (SSSR count). The number of hydrogen-bond donors (Lipinski definition) is 2. The summed E-state index contributed by atoms with van der Waals surface area (Å²) in [6, 6.07) is 13.0. The van der Waals surface area contributed by atoms with Crippen LogP contribution in [-0.2, 0) is 6.61 Å². The van der Waals surface area contributed by atoms with Crippen molar-refractivity contribution in [1.29, 1.82) is 0 Å². The first-order valence-corrected chi connectivity index (χ1v) is 7.72. The molecule has 0 saturated heterocycles. The number of rotatable bonds is 5. The maximum absolute atomic E-state index is 11.6. The third-order valence-electron chi connectivity index (χ3n) is 3.45. The summed E-state index contributed by atoms with van der Waals surface area (Å²) in [5, 5.41) is 7.35. The van der Waals surface area contributed by atoms with E-state index < -0.39 is 0 Å². The van der Waals surface area contributed by atoms with Crippen molar-refractivity contribution in [2.75, 3.05) is 11.9 Å². The highest BCUT2D eigenvalue weighted by Gasteiger charge is 2.06. The Labute approximate surface area is 152 Å². The maximum atomic E-state index is 11.6. The molecular weight excluding hydrogens is 340 g/mol. The Morgan fingerprint density at radius 1 is 1.16 bits per heavy atom. The molecule has 1 aromatic carbocycles. The minimum absolute atomic E-state index is 0. The van der Waals surface area contributed by atoms with Gasteiger partial charge in [-0.15, -0.1) is 12.4 Å². The second-order valence-corrected chi connectivity index (χ2v) is 5.15. The molecule has 3 aromatic rings. The molecule has 0 aliphatic heterocycles. The summed E-state index contributed by atoms with van der Waals surface area (Å²) in [6.45, 7) is 2.83. The van der Waals surface area contributed by atoms with Crippen molar-refractivity contribution >= 4 is 35.0 Å². The number of aromatic nitrogens is 2. The average molecular weight is 359 g/mol. The van der Waals surface area contributed by atoms with Crippen LogP contribution in [0.2, 0.25) is 0 Å². The third-order valence-corrected chi connectivity index (χ3v) is 3.45. The number of halogens is 1. The lowest BCUT2D eigenvalue weighted by Crippen LogP contribution is -2.28. The molecule has 0 aliphatic carbocycles. The van der Waals surface area contributed by atoms with Gasteiger partial charge in [-0.1, -0.05) is 24.3 Å². The highest BCUT2D eigenvalue weighted by molar-refractivity contribution is 5.92. The number of carbonyl (C=O) groups excluding carboxylic acids is 1. The van der Waals surface area contributed by atoms with E-state index in [1.165, 1.54) is 0 Å². The van der Waals surface area contributed by atoms with Gasteiger partial charge in [0, 0.05) is 30.4 Å². The smallest absolute Gasteiger partial charge is 0.320 e. The van der Waals surface area contributed by atoms with Gasteiger partial charge in [0.1, 0.15) is 12.4 Å². The molecule has 2 heterocycles. The molecule has 0 radical (unpaired) electrons. The molecule has 6 nitrogen and oxygen atoms in total. The number of ether oxygens (including phenoxy) is 1. The fourth-order valence-electron chi connectivity index (χ4n) is 2.33. The van der Waals surface area contributed by atoms with Crippen molar-refractivity contribution in [2.45, 2.75) is 13.5 Å². The summed E-state index contributed by atoms with van der Waals surface area (Å²) in [5.41, 5.74) is 1.01. The van der Waals surface area contributed by atoms with E-state index in [4.69, 9.17) is 4.74 Å². The number of nitrogens with one attached hydrogen (secondary N) is 2. The Morgan fingerprint density at radius 3 is 2.80 bits per heavy atom. The zero-order valence-corrected chi connectivity index (χ0v) is 14.5. The largest absolute Gasteiger partial charge is 0.473 e. The molecule has 0 saturated carbocycles. The summed E-state index contributed by atoms with van der Waals surface area (Å²) < 4.78 is 5.71. The summed E-state index contributed by atoms with van der Waals surface area (Å²) in [7, 11) is 0. The van der Waals surface area contributed by atoms with Gasteiger partial charge in [0.2, 0.25) is 5.88 Å². The fourth-order valence-corrected chi connectivity index (χ4v) is 2.33. The molecule has 0 atom stereocenters. The maximum Gasteiger partial charge on any atom is 0.320 e. The minimum atomic E-state index is -0.265. The predicted molar refractivity (Wildman–Crippen MR) is 100 cm³/mol. The molecule has 2 amide bonds. The van der Waals surface area contributed by atoms with Gasteiger partial charge in [-0.3, -0.25) is 5.32 Å². The molecule has 0 unspecified atom stereocenters. The number of pyridine rings is 2. The van der Waals surface area contributed by atoms with Gasteiger partial charge in [0.15, 0.2) is 0 Å². The van der Waals surface area contributed by atoms with E-state index in [9.17, 15) is 4.79 Å². The zero-order chi connectivity index (χ0) is 16.8. The first kappa shape index (κ1) is 18.5. The predicted octanol–water partition coefficient (Wildman–Crippen LogP) is 3.77. The van der Waals surface area contributed by atoms with Crippen molar-refractivity contribution < 1.29 is 9.53 Å². The quantitative estimate of drug-likeness (QED) is 0.727. The number of benzene rings is 1. The van der Waals surface area contributed by atoms with Crippen LogP contribution in [0, 0.1) is 0 Å². The molecule has 2 aromatic heterocycles. The normalized spacial score (nSPS) is 9.96. The number of hydrogen-bond acceptors (Lipinski definition) is 4. The lowest BCUT2D eigenvalue weighted by molar-refractivity contribution is 0.252. The van der Waals surface area contributed by atoms with Gasteiger partial charge >= 0.3 is 6.03 Å². The first-order chi connectivity index (χ1) is 11.8. The molecular formula is C18H19ClN4O2. The van der Waals surface area contributed by atoms with Crippen LogP contribution in [0.4, 0.5) is 10.6 Å². The molecule has 2 N–H and O–H groups in total. The average Bonchev–Trinajstić information content (AvgIpc) is 2.60. The number of anilines is 1. The first-order valence-electron chi connectivity index (χ1n) is 7.72. The van der Waals surface area contributed by atoms with Crippen molar-refractivity contribution in [3.8, 4) is 5.88 Å². The van der Waals surface area contributed by atoms with Crippen LogP contribution in [-0.4, -0.2) is 22.5 Å². The van der Waals surface area contributed by atoms with Crippen LogP contribution in [0.1, 0.15) is 12.5 Å². The van der Waals surface area contributed by atoms with Crippen LogP contribution in [0.25, 0.3) is 10.8 Å². The molecule has 25 heavy (non-hydrogen) atoms. The molecule has 0 bridgehead atoms. The Balaban J connectivity index is 0.00000225. The second kappa shape index (κ2) is 8.84. The van der Waals surface area contributed by atoms with E-state index in [1.807, 2.05) is 49.4 Å². The van der Waals surface area contributed by atoms with E-state index in [2.05, 4.69) is 20.6 Å². The monoisotopic (exact) mass is 358 g/mol. The number of fused-ring (bicyclic) bond motifs is 1. The van der Waals surface area contributed by atoms with Crippen LogP contribution in [0.3, 0.4) is 0 Å². The molecule has 0 aliphatic rings. The Hall–Kier alpha value is -2.86. The molecule has 0 fully saturated rings. The topological polar surface area (TPSA) is 76.1 Å². The van der Waals surface area contributed by atoms with E-state index in [0.29, 0.717) is 24.8 Å². The second-order valence-electron chi connectivity index (χ2n) is 5.15. The lowest BCUT2D eigenvalue weighted by Gasteiger charge is -2.10. The molecule has 0 spiro atoms. The van der Waals surface area contributed by atoms with Crippen molar-refractivity contribution in [3.63, 3.8) is 0 Å². The highest BCUT2D eigenvalue weighted by atomic mass is 35.5. The van der Waals surface area contributed by atoms with E-state index in [1.54, 1.807) is 12.4 Å². The van der Waals surface area contributed by atoms with Crippen molar-refractivity contribution in [3.05, 3.63) is 60.4 Å². The van der Waals surface area contributed by atoms with Crippen LogP contribution in [0.15, 0.2) is 54.9 Å². The van der Waals surface area contributed by atoms with Crippen molar-refractivity contribution in [1.82, 2.24) is 15.3 Å². The van der Waals surface area contributed by atoms with Gasteiger partial charge in [-0.2, -0.15) is 0 Å². The Bertz CT molecular complexity index is 843. The number of nitrogens with zero attached hydrogens (tertiary/aromatic N) is 2.